The van der Waals surface area contributed by atoms with Crippen molar-refractivity contribution in [2.75, 3.05) is 19.8 Å². The van der Waals surface area contributed by atoms with Gasteiger partial charge >= 0.3 is 0 Å². The minimum atomic E-state index is -1.80. The van der Waals surface area contributed by atoms with Gasteiger partial charge in [-0.15, -0.1) is 0 Å². The summed E-state index contributed by atoms with van der Waals surface area (Å²) in [5.74, 6) is -0.289. The zero-order valence-electron chi connectivity index (χ0n) is 52.5. The third-order valence-electron chi connectivity index (χ3n) is 14.7. The van der Waals surface area contributed by atoms with Crippen LogP contribution >= 0.6 is 0 Å². The number of carbonyl (C=O) groups is 1. The van der Waals surface area contributed by atoms with Gasteiger partial charge in [-0.25, -0.2) is 0 Å². The normalized spacial score (nSPS) is 24.5. The van der Waals surface area contributed by atoms with Crippen LogP contribution in [-0.2, 0) is 23.7 Å². The van der Waals surface area contributed by atoms with Crippen LogP contribution in [0.3, 0.4) is 0 Å². The van der Waals surface area contributed by atoms with Crippen LogP contribution < -0.4 is 5.32 Å². The van der Waals surface area contributed by atoms with Crippen molar-refractivity contribution in [2.24, 2.45) is 0 Å². The van der Waals surface area contributed by atoms with Crippen molar-refractivity contribution in [2.45, 2.75) is 267 Å². The second kappa shape index (κ2) is 54.7. The van der Waals surface area contributed by atoms with E-state index in [4.69, 9.17) is 18.9 Å². The molecule has 14 nitrogen and oxygen atoms in total. The Bertz CT molecular complexity index is 2050. The van der Waals surface area contributed by atoms with Crippen LogP contribution in [0.5, 0.6) is 0 Å². The maximum absolute atomic E-state index is 13.2. The molecule has 0 saturated carbocycles. The lowest BCUT2D eigenvalue weighted by atomic mass is 9.97. The number of unbranched alkanes of at least 4 members (excludes halogenated alkanes) is 13. The Kier molecular flexibility index (Phi) is 49.5. The fraction of sp³-hybridized carbons (Fsp3) is 0.625. The number of rotatable bonds is 50. The molecule has 0 aromatic carbocycles. The average Bonchev–Trinajstić information content (AvgIpc) is 2.76. The Labute approximate surface area is 518 Å². The lowest BCUT2D eigenvalue weighted by Crippen LogP contribution is -2.65. The highest BCUT2D eigenvalue weighted by Crippen LogP contribution is 2.30. The fourth-order valence-electron chi connectivity index (χ4n) is 9.51. The lowest BCUT2D eigenvalue weighted by molar-refractivity contribution is -0.359. The van der Waals surface area contributed by atoms with Crippen LogP contribution in [0.25, 0.3) is 0 Å². The molecule has 12 unspecified atom stereocenters. The SMILES string of the molecule is CC/C=C\C/C=C\C/C=C\C/C=C\C/C=C\C/C=C\C/C=C\C/C=C\C/C=C\C/C=C\C/C=C\C/C=C\CCCCC(=O)NC(COC1OC(CO)C(OC2OC(CO)C(O)C(O)C2O)C(O)C1O)C(O)/C=C/CCCCCCCCCCCCC. The first-order chi connectivity index (χ1) is 42.1. The zero-order chi connectivity index (χ0) is 62.3. The molecule has 0 aromatic rings. The zero-order valence-corrected chi connectivity index (χ0v) is 52.5. The molecule has 0 aromatic heterocycles. The van der Waals surface area contributed by atoms with Gasteiger partial charge in [0.1, 0.15) is 48.8 Å². The number of carbonyl (C=O) groups excluding carboxylic acids is 1. The number of aliphatic hydroxyl groups is 8. The minimum Gasteiger partial charge on any atom is -0.394 e. The molecule has 2 saturated heterocycles. The van der Waals surface area contributed by atoms with Gasteiger partial charge in [-0.1, -0.05) is 236 Å². The summed E-state index contributed by atoms with van der Waals surface area (Å²) in [6.45, 7) is 2.62. The van der Waals surface area contributed by atoms with Gasteiger partial charge in [0, 0.05) is 6.42 Å². The van der Waals surface area contributed by atoms with E-state index in [0.29, 0.717) is 6.42 Å². The second-order valence-electron chi connectivity index (χ2n) is 22.2. The summed E-state index contributed by atoms with van der Waals surface area (Å²) in [6, 6.07) is -0.949. The molecule has 2 aliphatic heterocycles. The quantitative estimate of drug-likeness (QED) is 0.0204. The average molecular weight is 1200 g/mol. The first-order valence-corrected chi connectivity index (χ1v) is 32.7. The molecule has 2 heterocycles. The van der Waals surface area contributed by atoms with E-state index in [1.54, 1.807) is 6.08 Å². The number of hydrogen-bond acceptors (Lipinski definition) is 13. The van der Waals surface area contributed by atoms with Crippen molar-refractivity contribution in [3.05, 3.63) is 158 Å². The monoisotopic (exact) mass is 1200 g/mol. The number of allylic oxidation sites excluding steroid dienone is 25. The van der Waals surface area contributed by atoms with Gasteiger partial charge in [0.05, 0.1) is 32.0 Å². The van der Waals surface area contributed by atoms with E-state index in [1.807, 2.05) is 6.08 Å². The topological polar surface area (TPSA) is 228 Å². The molecule has 14 heteroatoms. The van der Waals surface area contributed by atoms with E-state index in [1.165, 1.54) is 51.4 Å². The first-order valence-electron chi connectivity index (χ1n) is 32.7. The lowest BCUT2D eigenvalue weighted by Gasteiger charge is -2.46. The van der Waals surface area contributed by atoms with Gasteiger partial charge in [-0.3, -0.25) is 4.79 Å². The fourth-order valence-corrected chi connectivity index (χ4v) is 9.51. The Hall–Kier alpha value is -4.39. The molecule has 12 atom stereocenters. The smallest absolute Gasteiger partial charge is 0.220 e. The van der Waals surface area contributed by atoms with Crippen molar-refractivity contribution in [3.8, 4) is 0 Å². The van der Waals surface area contributed by atoms with Crippen LogP contribution in [0.15, 0.2) is 158 Å². The molecule has 0 bridgehead atoms. The summed E-state index contributed by atoms with van der Waals surface area (Å²) in [4.78, 5) is 13.2. The molecule has 86 heavy (non-hydrogen) atoms. The number of hydrogen-bond donors (Lipinski definition) is 9. The highest BCUT2D eigenvalue weighted by atomic mass is 16.7. The second-order valence-corrected chi connectivity index (χ2v) is 22.2. The van der Waals surface area contributed by atoms with Gasteiger partial charge in [0.25, 0.3) is 0 Å². The van der Waals surface area contributed by atoms with E-state index < -0.39 is 86.8 Å². The molecular formula is C72H115NO13. The molecule has 2 aliphatic rings. The van der Waals surface area contributed by atoms with E-state index in [2.05, 4.69) is 165 Å². The maximum Gasteiger partial charge on any atom is 0.220 e. The molecule has 0 radical (unpaired) electrons. The van der Waals surface area contributed by atoms with Gasteiger partial charge in [0.15, 0.2) is 12.6 Å². The van der Waals surface area contributed by atoms with Crippen LogP contribution in [0, 0.1) is 0 Å². The summed E-state index contributed by atoms with van der Waals surface area (Å²) in [5.41, 5.74) is 0. The molecular weight excluding hydrogens is 1090 g/mol. The third kappa shape index (κ3) is 38.8. The molecule has 486 valence electrons. The Balaban J connectivity index is 1.68. The third-order valence-corrected chi connectivity index (χ3v) is 14.7. The molecule has 0 spiro atoms. The molecule has 1 amide bonds. The van der Waals surface area contributed by atoms with E-state index >= 15 is 0 Å². The van der Waals surface area contributed by atoms with E-state index in [-0.39, 0.29) is 18.9 Å². The van der Waals surface area contributed by atoms with Crippen molar-refractivity contribution in [3.63, 3.8) is 0 Å². The maximum atomic E-state index is 13.2. The van der Waals surface area contributed by atoms with E-state index in [9.17, 15) is 45.6 Å². The van der Waals surface area contributed by atoms with Gasteiger partial charge in [-0.2, -0.15) is 0 Å². The first kappa shape index (κ1) is 77.7. The van der Waals surface area contributed by atoms with Gasteiger partial charge in [0.2, 0.25) is 5.91 Å². The predicted octanol–water partition coefficient (Wildman–Crippen LogP) is 12.7. The summed E-state index contributed by atoms with van der Waals surface area (Å²) >= 11 is 0. The Morgan fingerprint density at radius 2 is 0.802 bits per heavy atom. The molecule has 0 aliphatic carbocycles. The van der Waals surface area contributed by atoms with Crippen LogP contribution in [0.4, 0.5) is 0 Å². The van der Waals surface area contributed by atoms with Crippen LogP contribution in [0.2, 0.25) is 0 Å². The van der Waals surface area contributed by atoms with Gasteiger partial charge in [-0.05, 0) is 109 Å². The van der Waals surface area contributed by atoms with Crippen molar-refractivity contribution < 1.29 is 64.6 Å². The Morgan fingerprint density at radius 1 is 0.430 bits per heavy atom. The standard InChI is InChI=1S/C72H115NO13/c1-3-5-7-9-11-13-15-17-18-19-20-21-22-23-24-25-26-27-28-29-30-31-32-33-34-35-36-37-38-39-40-41-42-44-46-48-50-52-54-56-64(77)73-60(61(76)55-53-51-49-47-45-43-16-14-12-10-8-6-4-2)59-83-71-69(82)67(80)70(63(58-75)85-71)86-72-68(81)66(79)65(78)62(57-74)84-72/h5,7,11,13,17-18,20-21,23-24,26-27,29-30,32-33,35-36,38-39,41-42,46,48,53,55,60-63,65-72,74-76,78-82H,3-4,6,8-10,12,14-16,19,22,25,28,31,34,37,40,43-45,47,49-52,54,56-59H2,1-2H3,(H,73,77)/b7-5-,13-11-,18-17-,21-20-,24-23-,27-26-,30-29-,33-32-,36-35-,39-38-,42-41-,48-46-,55-53+. The van der Waals surface area contributed by atoms with Crippen molar-refractivity contribution >= 4 is 5.91 Å². The minimum absolute atomic E-state index is 0.215. The van der Waals surface area contributed by atoms with Gasteiger partial charge < -0.3 is 65.1 Å². The van der Waals surface area contributed by atoms with E-state index in [0.717, 1.165) is 116 Å². The summed E-state index contributed by atoms with van der Waals surface area (Å²) < 4.78 is 22.7. The van der Waals surface area contributed by atoms with Crippen LogP contribution in [0.1, 0.15) is 194 Å². The largest absolute Gasteiger partial charge is 0.394 e. The van der Waals surface area contributed by atoms with Crippen LogP contribution in [-0.4, -0.2) is 140 Å². The number of nitrogens with one attached hydrogen (secondary N) is 1. The Morgan fingerprint density at radius 3 is 1.23 bits per heavy atom. The highest BCUT2D eigenvalue weighted by Gasteiger charge is 2.51. The summed E-state index contributed by atoms with van der Waals surface area (Å²) in [5, 5.41) is 87.1. The van der Waals surface area contributed by atoms with Crippen molar-refractivity contribution in [1.82, 2.24) is 5.32 Å². The van der Waals surface area contributed by atoms with Crippen molar-refractivity contribution in [1.29, 1.82) is 0 Å². The molecule has 2 rings (SSSR count). The molecule has 9 N–H and O–H groups in total. The number of amides is 1. The highest BCUT2D eigenvalue weighted by molar-refractivity contribution is 5.76. The summed E-state index contributed by atoms with van der Waals surface area (Å²) in [7, 11) is 0. The molecule has 2 fully saturated rings. The summed E-state index contributed by atoms with van der Waals surface area (Å²) in [6.07, 6.45) is 67.3. The number of aliphatic hydroxyl groups excluding tert-OH is 8. The predicted molar refractivity (Wildman–Crippen MR) is 350 cm³/mol. The number of ether oxygens (including phenoxy) is 4.